The maximum Gasteiger partial charge on any atom is 0.304 e. The molecule has 6 nitrogen and oxygen atoms in total. The third-order valence-electron chi connectivity index (χ3n) is 3.21. The van der Waals surface area contributed by atoms with E-state index in [9.17, 15) is 14.4 Å². The lowest BCUT2D eigenvalue weighted by Gasteiger charge is -2.30. The minimum atomic E-state index is -1.04. The minimum absolute atomic E-state index is 0.00663. The molecule has 116 valence electrons. The Morgan fingerprint density at radius 1 is 1.20 bits per heavy atom. The number of carbonyl (C=O) groups excluding carboxylic acids is 2. The molecule has 0 aliphatic heterocycles. The molecule has 0 bridgehead atoms. The number of hydrogen-bond acceptors (Lipinski definition) is 4. The second kappa shape index (κ2) is 7.38. The van der Waals surface area contributed by atoms with Crippen LogP contribution in [0.3, 0.4) is 0 Å². The highest BCUT2D eigenvalue weighted by Gasteiger charge is 2.35. The lowest BCUT2D eigenvalue weighted by atomic mass is 9.78. The van der Waals surface area contributed by atoms with E-state index in [0.717, 1.165) is 0 Å². The van der Waals surface area contributed by atoms with Gasteiger partial charge in [-0.05, 0) is 5.41 Å². The predicted octanol–water partition coefficient (Wildman–Crippen LogP) is 0.792. The smallest absolute Gasteiger partial charge is 0.304 e. The van der Waals surface area contributed by atoms with Gasteiger partial charge in [-0.15, -0.1) is 0 Å². The summed E-state index contributed by atoms with van der Waals surface area (Å²) < 4.78 is 0. The molecule has 0 aliphatic carbocycles. The molecule has 6 heteroatoms. The van der Waals surface area contributed by atoms with Crippen LogP contribution in [-0.2, 0) is 14.4 Å². The van der Waals surface area contributed by atoms with Crippen LogP contribution in [0.15, 0.2) is 0 Å². The van der Waals surface area contributed by atoms with Crippen LogP contribution in [0.2, 0.25) is 0 Å². The van der Waals surface area contributed by atoms with Crippen LogP contribution < -0.4 is 11.1 Å². The van der Waals surface area contributed by atoms with Crippen molar-refractivity contribution >= 4 is 17.7 Å². The van der Waals surface area contributed by atoms with Gasteiger partial charge in [0.2, 0.25) is 5.91 Å². The van der Waals surface area contributed by atoms with E-state index < -0.39 is 29.3 Å². The van der Waals surface area contributed by atoms with E-state index in [1.165, 1.54) is 0 Å². The molecule has 0 saturated heterocycles. The molecular weight excluding hydrogens is 260 g/mol. The van der Waals surface area contributed by atoms with Crippen molar-refractivity contribution in [2.75, 3.05) is 6.54 Å². The fourth-order valence-electron chi connectivity index (χ4n) is 1.89. The summed E-state index contributed by atoms with van der Waals surface area (Å²) in [5.41, 5.74) is 5.01. The summed E-state index contributed by atoms with van der Waals surface area (Å²) in [6.07, 6.45) is -0.275. The zero-order valence-electron chi connectivity index (χ0n) is 12.9. The molecule has 0 saturated carbocycles. The Bertz CT molecular complexity index is 372. The summed E-state index contributed by atoms with van der Waals surface area (Å²) in [5, 5.41) is 11.5. The first-order chi connectivity index (χ1) is 9.00. The first-order valence-corrected chi connectivity index (χ1v) is 6.76. The molecule has 0 spiro atoms. The number of hydrogen-bond donors (Lipinski definition) is 3. The monoisotopic (exact) mass is 286 g/mol. The zero-order valence-corrected chi connectivity index (χ0v) is 12.9. The topological polar surface area (TPSA) is 109 Å². The number of carboxylic acid groups (broad SMARTS) is 1. The average Bonchev–Trinajstić information content (AvgIpc) is 2.30. The van der Waals surface area contributed by atoms with Gasteiger partial charge in [0.15, 0.2) is 5.78 Å². The standard InChI is InChI=1S/C14H26N2O4/c1-8(2)12(19)10(7-15)16-13(20)9(6-11(17)18)14(3,4)5/h8-10H,6-7,15H2,1-5H3,(H,16,20)(H,17,18)/t9?,10-/m1/s1. The van der Waals surface area contributed by atoms with Gasteiger partial charge in [-0.1, -0.05) is 34.6 Å². The number of aliphatic carboxylic acids is 1. The molecule has 0 radical (unpaired) electrons. The van der Waals surface area contributed by atoms with E-state index in [2.05, 4.69) is 5.32 Å². The summed E-state index contributed by atoms with van der Waals surface area (Å²) in [4.78, 5) is 35.0. The Kier molecular flexibility index (Phi) is 6.85. The van der Waals surface area contributed by atoms with Crippen molar-refractivity contribution in [2.45, 2.75) is 47.1 Å². The summed E-state index contributed by atoms with van der Waals surface area (Å²) in [6, 6.07) is -0.763. The van der Waals surface area contributed by atoms with E-state index in [1.54, 1.807) is 34.6 Å². The van der Waals surface area contributed by atoms with Gasteiger partial charge < -0.3 is 16.2 Å². The average molecular weight is 286 g/mol. The Morgan fingerprint density at radius 3 is 2.00 bits per heavy atom. The van der Waals surface area contributed by atoms with Crippen LogP contribution in [0.25, 0.3) is 0 Å². The summed E-state index contributed by atoms with van der Waals surface area (Å²) >= 11 is 0. The van der Waals surface area contributed by atoms with Gasteiger partial charge in [0.25, 0.3) is 0 Å². The van der Waals surface area contributed by atoms with E-state index in [4.69, 9.17) is 10.8 Å². The number of amides is 1. The molecule has 4 N–H and O–H groups in total. The van der Waals surface area contributed by atoms with Crippen molar-refractivity contribution in [3.63, 3.8) is 0 Å². The van der Waals surface area contributed by atoms with Crippen molar-refractivity contribution in [1.29, 1.82) is 0 Å². The number of carbonyl (C=O) groups is 3. The molecular formula is C14H26N2O4. The molecule has 0 aliphatic rings. The molecule has 0 aromatic rings. The lowest BCUT2D eigenvalue weighted by Crippen LogP contribution is -2.51. The molecule has 0 fully saturated rings. The molecule has 0 aromatic heterocycles. The summed E-state index contributed by atoms with van der Waals surface area (Å²) in [5.74, 6) is -2.59. The SMILES string of the molecule is CC(C)C(=O)[C@@H](CN)NC(=O)C(CC(=O)O)C(C)(C)C. The molecule has 1 unspecified atom stereocenters. The van der Waals surface area contributed by atoms with Crippen LogP contribution in [0.4, 0.5) is 0 Å². The van der Waals surface area contributed by atoms with E-state index in [1.807, 2.05) is 0 Å². The highest BCUT2D eigenvalue weighted by Crippen LogP contribution is 2.29. The van der Waals surface area contributed by atoms with Crippen molar-refractivity contribution in [3.8, 4) is 0 Å². The third-order valence-corrected chi connectivity index (χ3v) is 3.21. The number of rotatable bonds is 7. The van der Waals surface area contributed by atoms with Gasteiger partial charge in [0.05, 0.1) is 18.4 Å². The molecule has 2 atom stereocenters. The second-order valence-corrected chi connectivity index (χ2v) is 6.37. The van der Waals surface area contributed by atoms with Gasteiger partial charge >= 0.3 is 5.97 Å². The number of ketones is 1. The van der Waals surface area contributed by atoms with Crippen LogP contribution in [0, 0.1) is 17.3 Å². The largest absolute Gasteiger partial charge is 0.481 e. The number of nitrogens with two attached hydrogens (primary N) is 1. The first-order valence-electron chi connectivity index (χ1n) is 6.76. The molecule has 0 aromatic carbocycles. The minimum Gasteiger partial charge on any atom is -0.481 e. The van der Waals surface area contributed by atoms with E-state index >= 15 is 0 Å². The Morgan fingerprint density at radius 2 is 1.70 bits per heavy atom. The fraction of sp³-hybridized carbons (Fsp3) is 0.786. The van der Waals surface area contributed by atoms with Gasteiger partial charge in [0, 0.05) is 12.5 Å². The number of carboxylic acids is 1. The van der Waals surface area contributed by atoms with Gasteiger partial charge in [-0.3, -0.25) is 14.4 Å². The van der Waals surface area contributed by atoms with Crippen molar-refractivity contribution in [3.05, 3.63) is 0 Å². The van der Waals surface area contributed by atoms with Crippen molar-refractivity contribution in [1.82, 2.24) is 5.32 Å². The number of Topliss-reactive ketones (excluding diaryl/α,β-unsaturated/α-hetero) is 1. The van der Waals surface area contributed by atoms with Crippen LogP contribution in [0.1, 0.15) is 41.0 Å². The van der Waals surface area contributed by atoms with Crippen molar-refractivity contribution < 1.29 is 19.5 Å². The van der Waals surface area contributed by atoms with Crippen LogP contribution in [0.5, 0.6) is 0 Å². The third kappa shape index (κ3) is 5.69. The van der Waals surface area contributed by atoms with Gasteiger partial charge in [-0.2, -0.15) is 0 Å². The van der Waals surface area contributed by atoms with Crippen molar-refractivity contribution in [2.24, 2.45) is 23.0 Å². The van der Waals surface area contributed by atoms with E-state index in [-0.39, 0.29) is 24.7 Å². The van der Waals surface area contributed by atoms with Crippen LogP contribution >= 0.6 is 0 Å². The Balaban J connectivity index is 4.99. The summed E-state index contributed by atoms with van der Waals surface area (Å²) in [6.45, 7) is 8.85. The second-order valence-electron chi connectivity index (χ2n) is 6.37. The molecule has 20 heavy (non-hydrogen) atoms. The zero-order chi connectivity index (χ0) is 16.1. The molecule has 0 rings (SSSR count). The lowest BCUT2D eigenvalue weighted by molar-refractivity contribution is -0.144. The quantitative estimate of drug-likeness (QED) is 0.641. The highest BCUT2D eigenvalue weighted by molar-refractivity contribution is 5.92. The van der Waals surface area contributed by atoms with E-state index in [0.29, 0.717) is 0 Å². The summed E-state index contributed by atoms with van der Waals surface area (Å²) in [7, 11) is 0. The molecule has 1 amide bonds. The maximum atomic E-state index is 12.2. The predicted molar refractivity (Wildman–Crippen MR) is 76.0 cm³/mol. The Labute approximate surface area is 120 Å². The van der Waals surface area contributed by atoms with Gasteiger partial charge in [-0.25, -0.2) is 0 Å². The van der Waals surface area contributed by atoms with Crippen LogP contribution in [-0.4, -0.2) is 35.4 Å². The molecule has 0 heterocycles. The number of nitrogens with one attached hydrogen (secondary N) is 1. The maximum absolute atomic E-state index is 12.2. The highest BCUT2D eigenvalue weighted by atomic mass is 16.4. The van der Waals surface area contributed by atoms with Gasteiger partial charge in [0.1, 0.15) is 0 Å². The normalized spacial score (nSPS) is 14.8. The first kappa shape index (κ1) is 18.6. The Hall–Kier alpha value is -1.43. The fourth-order valence-corrected chi connectivity index (χ4v) is 1.89.